The first-order valence-corrected chi connectivity index (χ1v) is 11.5. The number of rotatable bonds is 7. The van der Waals surface area contributed by atoms with Crippen LogP contribution in [-0.4, -0.2) is 32.9 Å². The molecule has 5 nitrogen and oxygen atoms in total. The Labute approximate surface area is 214 Å². The Bertz CT molecular complexity index is 1210. The normalized spacial score (nSPS) is 16.9. The van der Waals surface area contributed by atoms with Gasteiger partial charge in [-0.1, -0.05) is 0 Å². The second-order valence-corrected chi connectivity index (χ2v) is 8.24. The van der Waals surface area contributed by atoms with Crippen LogP contribution in [0, 0.1) is 47.7 Å². The van der Waals surface area contributed by atoms with Gasteiger partial charge in [-0.3, -0.25) is 4.79 Å². The first-order valence-electron chi connectivity index (χ1n) is 11.5. The SMILES string of the molecule is CCOCC1COC(c2cc(F)c(C)c(F)c2)OC1.O=COc1ccc(-c2cc(F)c(F)c(F)c2)c(F)c1. The molecule has 1 saturated heterocycles. The van der Waals surface area contributed by atoms with Gasteiger partial charge in [0.05, 0.1) is 19.8 Å². The number of halogens is 6. The second-order valence-electron chi connectivity index (χ2n) is 8.24. The number of carbonyl (C=O) groups is 1. The first-order chi connectivity index (χ1) is 18.1. The Morgan fingerprint density at radius 2 is 1.47 bits per heavy atom. The quantitative estimate of drug-likeness (QED) is 0.196. The number of benzene rings is 3. The van der Waals surface area contributed by atoms with E-state index in [1.54, 1.807) is 0 Å². The van der Waals surface area contributed by atoms with E-state index in [1.165, 1.54) is 31.2 Å². The fourth-order valence-electron chi connectivity index (χ4n) is 3.49. The molecule has 0 aliphatic carbocycles. The topological polar surface area (TPSA) is 54.0 Å². The zero-order valence-corrected chi connectivity index (χ0v) is 20.4. The Hall–Kier alpha value is -3.41. The molecule has 1 aliphatic heterocycles. The fourth-order valence-corrected chi connectivity index (χ4v) is 3.49. The minimum Gasteiger partial charge on any atom is -0.429 e. The van der Waals surface area contributed by atoms with Gasteiger partial charge in [-0.15, -0.1) is 0 Å². The molecule has 4 rings (SSSR count). The Kier molecular flexibility index (Phi) is 10.3. The number of carbonyl (C=O) groups excluding carboxylic acids is 1. The molecule has 1 heterocycles. The number of hydrogen-bond acceptors (Lipinski definition) is 5. The van der Waals surface area contributed by atoms with Crippen molar-refractivity contribution in [3.8, 4) is 16.9 Å². The van der Waals surface area contributed by atoms with E-state index in [4.69, 9.17) is 14.2 Å². The van der Waals surface area contributed by atoms with Crippen LogP contribution < -0.4 is 4.74 Å². The summed E-state index contributed by atoms with van der Waals surface area (Å²) < 4.78 is 100. The van der Waals surface area contributed by atoms with Crippen LogP contribution >= 0.6 is 0 Å². The Balaban J connectivity index is 0.000000211. The lowest BCUT2D eigenvalue weighted by Crippen LogP contribution is -2.30. The highest BCUT2D eigenvalue weighted by molar-refractivity contribution is 5.65. The molecule has 0 aromatic heterocycles. The van der Waals surface area contributed by atoms with E-state index in [9.17, 15) is 31.1 Å². The van der Waals surface area contributed by atoms with Crippen LogP contribution in [0.15, 0.2) is 42.5 Å². The average molecular weight is 542 g/mol. The summed E-state index contributed by atoms with van der Waals surface area (Å²) in [7, 11) is 0. The maximum atomic E-state index is 13.7. The third-order valence-electron chi connectivity index (χ3n) is 5.52. The van der Waals surface area contributed by atoms with Gasteiger partial charge in [0.2, 0.25) is 0 Å². The van der Waals surface area contributed by atoms with E-state index in [2.05, 4.69) is 4.74 Å². The molecule has 0 radical (unpaired) electrons. The monoisotopic (exact) mass is 542 g/mol. The maximum absolute atomic E-state index is 13.7. The van der Waals surface area contributed by atoms with E-state index in [0.717, 1.165) is 6.07 Å². The molecule has 0 unspecified atom stereocenters. The van der Waals surface area contributed by atoms with Gasteiger partial charge in [0.25, 0.3) is 6.47 Å². The molecule has 11 heteroatoms. The zero-order chi connectivity index (χ0) is 27.8. The van der Waals surface area contributed by atoms with Crippen molar-refractivity contribution in [2.24, 2.45) is 5.92 Å². The Morgan fingerprint density at radius 3 is 2.00 bits per heavy atom. The molecule has 0 atom stereocenters. The molecule has 0 N–H and O–H groups in total. The van der Waals surface area contributed by atoms with Crippen LogP contribution in [0.5, 0.6) is 5.75 Å². The predicted octanol–water partition coefficient (Wildman–Crippen LogP) is 6.42. The van der Waals surface area contributed by atoms with Gasteiger partial charge >= 0.3 is 0 Å². The fraction of sp³-hybridized carbons (Fsp3) is 0.296. The Morgan fingerprint density at radius 1 is 0.868 bits per heavy atom. The number of hydrogen-bond donors (Lipinski definition) is 0. The molecular weight excluding hydrogens is 518 g/mol. The summed E-state index contributed by atoms with van der Waals surface area (Å²) in [6.07, 6.45) is -0.706. The van der Waals surface area contributed by atoms with Crippen molar-refractivity contribution in [2.75, 3.05) is 26.4 Å². The first kappa shape index (κ1) is 29.2. The molecule has 38 heavy (non-hydrogen) atoms. The molecule has 0 saturated carbocycles. The predicted molar refractivity (Wildman–Crippen MR) is 124 cm³/mol. The highest BCUT2D eigenvalue weighted by Crippen LogP contribution is 2.29. The van der Waals surface area contributed by atoms with Crippen molar-refractivity contribution in [2.45, 2.75) is 20.1 Å². The van der Waals surface area contributed by atoms with Gasteiger partial charge in [0.15, 0.2) is 23.7 Å². The highest BCUT2D eigenvalue weighted by atomic mass is 19.2. The van der Waals surface area contributed by atoms with Crippen LogP contribution in [0.25, 0.3) is 11.1 Å². The molecule has 0 bridgehead atoms. The van der Waals surface area contributed by atoms with Crippen molar-refractivity contribution in [3.05, 3.63) is 88.5 Å². The molecule has 3 aromatic rings. The lowest BCUT2D eigenvalue weighted by Gasteiger charge is -2.29. The molecule has 1 aliphatic rings. The van der Waals surface area contributed by atoms with Crippen molar-refractivity contribution in [3.63, 3.8) is 0 Å². The standard InChI is InChI=1S/C14H18F2O3.C13H6F4O2/c1-3-17-6-10-7-18-14(19-8-10)11-4-12(15)9(2)13(16)5-11;14-10-5-8(19-6-18)1-2-9(10)7-3-11(15)13(17)12(16)4-7/h4-5,10,14H,3,6-8H2,1-2H3;1-6H. The summed E-state index contributed by atoms with van der Waals surface area (Å²) >= 11 is 0. The maximum Gasteiger partial charge on any atom is 0.298 e. The average Bonchev–Trinajstić information content (AvgIpc) is 2.89. The molecule has 1 fully saturated rings. The van der Waals surface area contributed by atoms with Gasteiger partial charge in [-0.25, -0.2) is 26.3 Å². The smallest absolute Gasteiger partial charge is 0.298 e. The van der Waals surface area contributed by atoms with Gasteiger partial charge in [-0.05, 0) is 55.8 Å². The van der Waals surface area contributed by atoms with Crippen molar-refractivity contribution in [1.29, 1.82) is 0 Å². The third-order valence-corrected chi connectivity index (χ3v) is 5.52. The van der Waals surface area contributed by atoms with Gasteiger partial charge in [-0.2, -0.15) is 0 Å². The molecule has 204 valence electrons. The van der Waals surface area contributed by atoms with E-state index in [0.29, 0.717) is 44.1 Å². The van der Waals surface area contributed by atoms with E-state index in [1.807, 2.05) is 6.92 Å². The van der Waals surface area contributed by atoms with Gasteiger partial charge < -0.3 is 18.9 Å². The summed E-state index contributed by atoms with van der Waals surface area (Å²) in [6, 6.07) is 7.15. The van der Waals surface area contributed by atoms with Crippen LogP contribution in [0.2, 0.25) is 0 Å². The summed E-state index contributed by atoms with van der Waals surface area (Å²) in [4.78, 5) is 10.1. The zero-order valence-electron chi connectivity index (χ0n) is 20.4. The summed E-state index contributed by atoms with van der Waals surface area (Å²) in [5, 5.41) is 0. The van der Waals surface area contributed by atoms with Crippen molar-refractivity contribution in [1.82, 2.24) is 0 Å². The summed E-state index contributed by atoms with van der Waals surface area (Å²) in [5.74, 6) is -6.37. The molecule has 0 spiro atoms. The van der Waals surface area contributed by atoms with Crippen molar-refractivity contribution < 1.29 is 50.1 Å². The summed E-state index contributed by atoms with van der Waals surface area (Å²) in [5.41, 5.74) is 0.0758. The van der Waals surface area contributed by atoms with E-state index >= 15 is 0 Å². The summed E-state index contributed by atoms with van der Waals surface area (Å²) in [6.45, 7) is 5.57. The van der Waals surface area contributed by atoms with Crippen LogP contribution in [-0.2, 0) is 19.0 Å². The minimum absolute atomic E-state index is 0.00813. The number of ether oxygens (including phenoxy) is 4. The highest BCUT2D eigenvalue weighted by Gasteiger charge is 2.25. The molecular formula is C27H24F6O5. The lowest BCUT2D eigenvalue weighted by molar-refractivity contribution is -0.212. The van der Waals surface area contributed by atoms with Crippen LogP contribution in [0.1, 0.15) is 24.3 Å². The van der Waals surface area contributed by atoms with Gasteiger partial charge in [0, 0.05) is 35.3 Å². The van der Waals surface area contributed by atoms with Gasteiger partial charge in [0.1, 0.15) is 23.2 Å². The second kappa shape index (κ2) is 13.4. The largest absolute Gasteiger partial charge is 0.429 e. The lowest BCUT2D eigenvalue weighted by atomic mass is 10.0. The minimum atomic E-state index is -1.62. The van der Waals surface area contributed by atoms with Crippen LogP contribution in [0.4, 0.5) is 26.3 Å². The van der Waals surface area contributed by atoms with E-state index < -0.39 is 41.2 Å². The molecule has 3 aromatic carbocycles. The van der Waals surface area contributed by atoms with E-state index in [-0.39, 0.29) is 34.8 Å². The van der Waals surface area contributed by atoms with Crippen LogP contribution in [0.3, 0.4) is 0 Å². The van der Waals surface area contributed by atoms with Crippen molar-refractivity contribution >= 4 is 6.47 Å². The molecule has 0 amide bonds. The third kappa shape index (κ3) is 7.33.